The van der Waals surface area contributed by atoms with E-state index < -0.39 is 0 Å². The topological polar surface area (TPSA) is 34.1 Å². The van der Waals surface area contributed by atoms with Gasteiger partial charge in [-0.15, -0.1) is 0 Å². The van der Waals surface area contributed by atoms with Crippen LogP contribution in [0.4, 0.5) is 0 Å². The average molecular weight is 507 g/mol. The van der Waals surface area contributed by atoms with Gasteiger partial charge >= 0.3 is 0 Å². The van der Waals surface area contributed by atoms with Crippen molar-refractivity contribution < 1.29 is 9.59 Å². The van der Waals surface area contributed by atoms with Crippen LogP contribution in [0.3, 0.4) is 0 Å². The molecule has 0 aliphatic rings. The Kier molecular flexibility index (Phi) is 6.81. The maximum absolute atomic E-state index is 12.8. The molecule has 0 amide bonds. The van der Waals surface area contributed by atoms with Crippen LogP contribution < -0.4 is 0 Å². The van der Waals surface area contributed by atoms with Gasteiger partial charge in [0.25, 0.3) is 0 Å². The summed E-state index contributed by atoms with van der Waals surface area (Å²) in [5.74, 6) is -0.121. The Hall–Kier alpha value is -3.98. The lowest BCUT2D eigenvalue weighted by Crippen LogP contribution is -2.01. The number of carbonyl (C=O) groups is 2. The smallest absolute Gasteiger partial charge is 0.193 e. The van der Waals surface area contributed by atoms with Gasteiger partial charge in [-0.2, -0.15) is 0 Å². The van der Waals surface area contributed by atoms with Crippen molar-refractivity contribution in [2.24, 2.45) is 0 Å². The Bertz CT molecular complexity index is 1550. The fourth-order valence-corrected chi connectivity index (χ4v) is 4.47. The van der Waals surface area contributed by atoms with Crippen LogP contribution in [0.25, 0.3) is 22.3 Å². The summed E-state index contributed by atoms with van der Waals surface area (Å²) in [6, 6.07) is 37.1. The first-order valence-electron chi connectivity index (χ1n) is 11.4. The summed E-state index contributed by atoms with van der Waals surface area (Å²) < 4.78 is 0. The van der Waals surface area contributed by atoms with Gasteiger partial charge in [0.1, 0.15) is 0 Å². The van der Waals surface area contributed by atoms with Crippen LogP contribution in [-0.4, -0.2) is 11.6 Å². The standard InChI is InChI=1S/C32H20Cl2O2/c33-27-18-16-25(17-19-27)31(35)23-12-8-21(9-13-23)29-6-1-2-7-30(29)22-10-14-24(15-11-22)32(36)26-4-3-5-28(34)20-26/h1-20H. The Morgan fingerprint density at radius 2 is 0.861 bits per heavy atom. The van der Waals surface area contributed by atoms with Gasteiger partial charge in [0, 0.05) is 32.3 Å². The normalized spacial score (nSPS) is 10.7. The quantitative estimate of drug-likeness (QED) is 0.215. The minimum absolute atomic E-state index is 0.0496. The number of rotatable bonds is 6. The van der Waals surface area contributed by atoms with Crippen LogP contribution in [0, 0.1) is 0 Å². The first-order valence-corrected chi connectivity index (χ1v) is 12.2. The van der Waals surface area contributed by atoms with Crippen molar-refractivity contribution in [3.05, 3.63) is 154 Å². The van der Waals surface area contributed by atoms with Crippen LogP contribution in [-0.2, 0) is 0 Å². The second-order valence-electron chi connectivity index (χ2n) is 8.38. The molecule has 0 fully saturated rings. The zero-order valence-corrected chi connectivity index (χ0v) is 20.6. The molecule has 0 spiro atoms. The van der Waals surface area contributed by atoms with E-state index in [-0.39, 0.29) is 11.6 Å². The predicted molar refractivity (Wildman–Crippen MR) is 147 cm³/mol. The van der Waals surface area contributed by atoms with E-state index in [0.717, 1.165) is 22.3 Å². The lowest BCUT2D eigenvalue weighted by molar-refractivity contribution is 0.103. The fourth-order valence-electron chi connectivity index (χ4n) is 4.15. The molecular formula is C32H20Cl2O2. The van der Waals surface area contributed by atoms with E-state index >= 15 is 0 Å². The molecule has 0 heterocycles. The van der Waals surface area contributed by atoms with E-state index in [4.69, 9.17) is 23.2 Å². The summed E-state index contributed by atoms with van der Waals surface area (Å²) in [4.78, 5) is 25.7. The first-order chi connectivity index (χ1) is 17.5. The van der Waals surface area contributed by atoms with Gasteiger partial charge in [-0.1, -0.05) is 108 Å². The summed E-state index contributed by atoms with van der Waals surface area (Å²) in [6.07, 6.45) is 0. The largest absolute Gasteiger partial charge is 0.289 e. The second-order valence-corrected chi connectivity index (χ2v) is 9.25. The summed E-state index contributed by atoms with van der Waals surface area (Å²) in [5, 5.41) is 1.13. The van der Waals surface area contributed by atoms with Crippen LogP contribution >= 0.6 is 23.2 Å². The molecule has 0 aromatic heterocycles. The first kappa shape index (κ1) is 23.7. The molecule has 0 aliphatic heterocycles. The molecule has 0 aliphatic carbocycles. The number of ketones is 2. The molecule has 2 nitrogen and oxygen atoms in total. The predicted octanol–water partition coefficient (Wildman–Crippen LogP) is 8.79. The lowest BCUT2D eigenvalue weighted by atomic mass is 9.92. The fraction of sp³-hybridized carbons (Fsp3) is 0. The molecule has 174 valence electrons. The maximum atomic E-state index is 12.8. The van der Waals surface area contributed by atoms with Crippen molar-refractivity contribution in [2.45, 2.75) is 0 Å². The minimum Gasteiger partial charge on any atom is -0.289 e. The number of carbonyl (C=O) groups excluding carboxylic acids is 2. The zero-order valence-electron chi connectivity index (χ0n) is 19.1. The van der Waals surface area contributed by atoms with E-state index in [1.165, 1.54) is 0 Å². The molecule has 0 radical (unpaired) electrons. The van der Waals surface area contributed by atoms with Gasteiger partial charge in [-0.25, -0.2) is 0 Å². The van der Waals surface area contributed by atoms with E-state index in [1.54, 1.807) is 48.5 Å². The van der Waals surface area contributed by atoms with Gasteiger partial charge in [0.05, 0.1) is 0 Å². The van der Waals surface area contributed by atoms with E-state index in [1.807, 2.05) is 60.7 Å². The molecule has 36 heavy (non-hydrogen) atoms. The van der Waals surface area contributed by atoms with Crippen molar-refractivity contribution in [1.82, 2.24) is 0 Å². The van der Waals surface area contributed by atoms with Crippen LogP contribution in [0.5, 0.6) is 0 Å². The summed E-state index contributed by atoms with van der Waals surface area (Å²) in [6.45, 7) is 0. The zero-order chi connectivity index (χ0) is 25.1. The van der Waals surface area contributed by atoms with Crippen molar-refractivity contribution in [2.75, 3.05) is 0 Å². The third-order valence-corrected chi connectivity index (χ3v) is 6.52. The Balaban J connectivity index is 1.41. The third-order valence-electron chi connectivity index (χ3n) is 6.04. The summed E-state index contributed by atoms with van der Waals surface area (Å²) >= 11 is 12.0. The molecule has 0 bridgehead atoms. The number of hydrogen-bond donors (Lipinski definition) is 0. The molecule has 0 saturated heterocycles. The third kappa shape index (κ3) is 5.01. The molecule has 5 aromatic rings. The molecule has 5 aromatic carbocycles. The Morgan fingerprint density at radius 3 is 1.33 bits per heavy atom. The van der Waals surface area contributed by atoms with Crippen LogP contribution in [0.15, 0.2) is 121 Å². The Labute approximate surface area is 219 Å². The average Bonchev–Trinajstić information content (AvgIpc) is 2.93. The van der Waals surface area contributed by atoms with Gasteiger partial charge in [0.2, 0.25) is 0 Å². The monoisotopic (exact) mass is 506 g/mol. The molecule has 0 unspecified atom stereocenters. The SMILES string of the molecule is O=C(c1ccc(Cl)cc1)c1ccc(-c2ccccc2-c2ccc(C(=O)c3cccc(Cl)c3)cc2)cc1. The van der Waals surface area contributed by atoms with Crippen molar-refractivity contribution in [3.63, 3.8) is 0 Å². The number of benzene rings is 5. The van der Waals surface area contributed by atoms with E-state index in [2.05, 4.69) is 12.1 Å². The van der Waals surface area contributed by atoms with Crippen LogP contribution in [0.1, 0.15) is 31.8 Å². The number of halogens is 2. The summed E-state index contributed by atoms with van der Waals surface area (Å²) in [5.41, 5.74) is 6.44. The summed E-state index contributed by atoms with van der Waals surface area (Å²) in [7, 11) is 0. The van der Waals surface area contributed by atoms with Crippen molar-refractivity contribution in [3.8, 4) is 22.3 Å². The highest BCUT2D eigenvalue weighted by Gasteiger charge is 2.13. The molecular weight excluding hydrogens is 487 g/mol. The van der Waals surface area contributed by atoms with Crippen molar-refractivity contribution >= 4 is 34.8 Å². The lowest BCUT2D eigenvalue weighted by Gasteiger charge is -2.12. The molecule has 0 N–H and O–H groups in total. The molecule has 5 rings (SSSR count). The van der Waals surface area contributed by atoms with Gasteiger partial charge < -0.3 is 0 Å². The van der Waals surface area contributed by atoms with E-state index in [9.17, 15) is 9.59 Å². The highest BCUT2D eigenvalue weighted by Crippen LogP contribution is 2.33. The van der Waals surface area contributed by atoms with E-state index in [0.29, 0.717) is 32.3 Å². The van der Waals surface area contributed by atoms with Gasteiger partial charge in [-0.3, -0.25) is 9.59 Å². The van der Waals surface area contributed by atoms with Gasteiger partial charge in [0.15, 0.2) is 11.6 Å². The minimum atomic E-state index is -0.0710. The maximum Gasteiger partial charge on any atom is 0.193 e. The molecule has 0 saturated carbocycles. The number of hydrogen-bond acceptors (Lipinski definition) is 2. The second kappa shape index (κ2) is 10.3. The van der Waals surface area contributed by atoms with Crippen LogP contribution in [0.2, 0.25) is 10.0 Å². The Morgan fingerprint density at radius 1 is 0.417 bits per heavy atom. The highest BCUT2D eigenvalue weighted by atomic mass is 35.5. The molecule has 4 heteroatoms. The van der Waals surface area contributed by atoms with Crippen molar-refractivity contribution in [1.29, 1.82) is 0 Å². The molecule has 0 atom stereocenters. The highest BCUT2D eigenvalue weighted by molar-refractivity contribution is 6.31. The van der Waals surface area contributed by atoms with Gasteiger partial charge in [-0.05, 0) is 58.7 Å².